The first-order valence-electron chi connectivity index (χ1n) is 10.1. The molecule has 5 rings (SSSR count). The van der Waals surface area contributed by atoms with Crippen molar-refractivity contribution in [2.75, 3.05) is 5.75 Å². The Bertz CT molecular complexity index is 1320. The molecule has 0 amide bonds. The van der Waals surface area contributed by atoms with Crippen LogP contribution in [0.5, 0.6) is 0 Å². The lowest BCUT2D eigenvalue weighted by Gasteiger charge is -2.13. The smallest absolute Gasteiger partial charge is 0.263 e. The molecular formula is C23H19BrN2O3S2. The van der Waals surface area contributed by atoms with Gasteiger partial charge in [-0.25, -0.2) is 4.98 Å². The summed E-state index contributed by atoms with van der Waals surface area (Å²) in [5.41, 5.74) is 1.75. The van der Waals surface area contributed by atoms with E-state index in [9.17, 15) is 9.59 Å². The van der Waals surface area contributed by atoms with Crippen molar-refractivity contribution in [1.82, 2.24) is 9.55 Å². The number of benzene rings is 1. The standard InChI is InChI=1S/C23H19BrN2O3S2/c24-17-9-3-1-7-15(17)18(27)13-30-23-25-21-20(16-8-2-4-10-19(16)31-21)22(28)26(23)12-14-6-5-11-29-14/h1,3,5-7,9,11H,2,4,8,10,12-13H2. The van der Waals surface area contributed by atoms with Crippen LogP contribution in [0.2, 0.25) is 0 Å². The quantitative estimate of drug-likeness (QED) is 0.187. The van der Waals surface area contributed by atoms with Crippen LogP contribution in [0.1, 0.15) is 39.4 Å². The average Bonchev–Trinajstić information content (AvgIpc) is 3.42. The lowest BCUT2D eigenvalue weighted by molar-refractivity contribution is 0.102. The van der Waals surface area contributed by atoms with Crippen LogP contribution < -0.4 is 5.56 Å². The van der Waals surface area contributed by atoms with E-state index < -0.39 is 0 Å². The van der Waals surface area contributed by atoms with E-state index in [-0.39, 0.29) is 17.1 Å². The van der Waals surface area contributed by atoms with Gasteiger partial charge in [0.15, 0.2) is 10.9 Å². The maximum atomic E-state index is 13.6. The summed E-state index contributed by atoms with van der Waals surface area (Å²) in [6.07, 6.45) is 5.80. The van der Waals surface area contributed by atoms with Gasteiger partial charge in [0.05, 0.1) is 23.9 Å². The molecule has 0 aliphatic heterocycles. The summed E-state index contributed by atoms with van der Waals surface area (Å²) in [6, 6.07) is 11.0. The van der Waals surface area contributed by atoms with Crippen LogP contribution in [0.25, 0.3) is 10.2 Å². The number of Topliss-reactive ketones (excluding diaryl/α,β-unsaturated/α-hetero) is 1. The highest BCUT2D eigenvalue weighted by atomic mass is 79.9. The first-order valence-corrected chi connectivity index (χ1v) is 12.7. The van der Waals surface area contributed by atoms with Crippen LogP contribution >= 0.6 is 39.0 Å². The fourth-order valence-electron chi connectivity index (χ4n) is 3.92. The fourth-order valence-corrected chi connectivity index (χ4v) is 6.61. The zero-order valence-electron chi connectivity index (χ0n) is 16.6. The number of carbonyl (C=O) groups excluding carboxylic acids is 1. The van der Waals surface area contributed by atoms with Crippen molar-refractivity contribution >= 4 is 55.0 Å². The molecule has 3 heterocycles. The molecule has 0 radical (unpaired) electrons. The van der Waals surface area contributed by atoms with Gasteiger partial charge < -0.3 is 4.42 Å². The first kappa shape index (κ1) is 20.7. The average molecular weight is 515 g/mol. The highest BCUT2D eigenvalue weighted by Crippen LogP contribution is 2.35. The number of thiophene rings is 1. The Labute approximate surface area is 195 Å². The summed E-state index contributed by atoms with van der Waals surface area (Å²) in [5, 5.41) is 1.29. The zero-order valence-corrected chi connectivity index (χ0v) is 19.8. The van der Waals surface area contributed by atoms with E-state index in [0.717, 1.165) is 45.9 Å². The van der Waals surface area contributed by atoms with Crippen molar-refractivity contribution in [3.05, 3.63) is 79.3 Å². The van der Waals surface area contributed by atoms with Gasteiger partial charge in [0.2, 0.25) is 0 Å². The first-order chi connectivity index (χ1) is 15.1. The predicted molar refractivity (Wildman–Crippen MR) is 128 cm³/mol. The minimum Gasteiger partial charge on any atom is -0.467 e. The van der Waals surface area contributed by atoms with Gasteiger partial charge >= 0.3 is 0 Å². The van der Waals surface area contributed by atoms with Gasteiger partial charge in [-0.05, 0) is 49.4 Å². The molecule has 1 aromatic carbocycles. The molecular weight excluding hydrogens is 496 g/mol. The molecule has 1 aliphatic rings. The highest BCUT2D eigenvalue weighted by Gasteiger charge is 2.23. The number of nitrogens with zero attached hydrogens (tertiary/aromatic N) is 2. The topological polar surface area (TPSA) is 65.1 Å². The van der Waals surface area contributed by atoms with Crippen molar-refractivity contribution in [2.45, 2.75) is 37.4 Å². The van der Waals surface area contributed by atoms with Gasteiger partial charge in [-0.2, -0.15) is 0 Å². The van der Waals surface area contributed by atoms with Gasteiger partial charge in [0, 0.05) is 14.9 Å². The Hall–Kier alpha value is -2.16. The fraction of sp³-hybridized carbons (Fsp3) is 0.261. The number of hydrogen-bond donors (Lipinski definition) is 0. The molecule has 0 bridgehead atoms. The maximum absolute atomic E-state index is 13.6. The summed E-state index contributed by atoms with van der Waals surface area (Å²) in [5.74, 6) is 0.872. The third kappa shape index (κ3) is 4.04. The van der Waals surface area contributed by atoms with E-state index in [1.54, 1.807) is 28.2 Å². The van der Waals surface area contributed by atoms with Crippen molar-refractivity contribution in [3.8, 4) is 0 Å². The molecule has 0 N–H and O–H groups in total. The lowest BCUT2D eigenvalue weighted by Crippen LogP contribution is -2.24. The number of carbonyl (C=O) groups is 1. The van der Waals surface area contributed by atoms with E-state index >= 15 is 0 Å². The number of rotatable bonds is 6. The van der Waals surface area contributed by atoms with Gasteiger partial charge in [-0.3, -0.25) is 14.2 Å². The molecule has 0 fully saturated rings. The third-order valence-corrected chi connectivity index (χ3v) is 8.29. The molecule has 31 heavy (non-hydrogen) atoms. The molecule has 0 spiro atoms. The second-order valence-electron chi connectivity index (χ2n) is 7.45. The third-order valence-electron chi connectivity index (χ3n) is 5.44. The highest BCUT2D eigenvalue weighted by molar-refractivity contribution is 9.10. The Balaban J connectivity index is 1.55. The van der Waals surface area contributed by atoms with Crippen LogP contribution in [-0.4, -0.2) is 21.1 Å². The van der Waals surface area contributed by atoms with Crippen LogP contribution in [0, 0.1) is 0 Å². The Morgan fingerprint density at radius 3 is 2.84 bits per heavy atom. The van der Waals surface area contributed by atoms with Crippen LogP contribution in [0.4, 0.5) is 0 Å². The number of fused-ring (bicyclic) bond motifs is 3. The lowest BCUT2D eigenvalue weighted by atomic mass is 9.97. The second-order valence-corrected chi connectivity index (χ2v) is 10.3. The number of furan rings is 1. The van der Waals surface area contributed by atoms with Crippen molar-refractivity contribution < 1.29 is 9.21 Å². The second kappa shape index (κ2) is 8.76. The Kier molecular flexibility index (Phi) is 5.86. The Morgan fingerprint density at radius 2 is 2.03 bits per heavy atom. The Morgan fingerprint density at radius 1 is 1.19 bits per heavy atom. The van der Waals surface area contributed by atoms with Gasteiger partial charge in [-0.15, -0.1) is 11.3 Å². The number of aromatic nitrogens is 2. The predicted octanol–water partition coefficient (Wildman–Crippen LogP) is 5.72. The molecule has 0 saturated heterocycles. The van der Waals surface area contributed by atoms with E-state index in [0.29, 0.717) is 23.0 Å². The molecule has 4 aromatic rings. The van der Waals surface area contributed by atoms with Crippen LogP contribution in [0.15, 0.2) is 61.5 Å². The molecule has 0 saturated carbocycles. The SMILES string of the molecule is O=C(CSc1nc2sc3c(c2c(=O)n1Cc1ccco1)CCCC3)c1ccccc1Br. The van der Waals surface area contributed by atoms with Gasteiger partial charge in [0.1, 0.15) is 10.6 Å². The number of halogens is 1. The van der Waals surface area contributed by atoms with Crippen LogP contribution in [-0.2, 0) is 19.4 Å². The summed E-state index contributed by atoms with van der Waals surface area (Å²) >= 11 is 6.37. The molecule has 3 aromatic heterocycles. The normalized spacial score (nSPS) is 13.5. The molecule has 0 unspecified atom stereocenters. The summed E-state index contributed by atoms with van der Waals surface area (Å²) in [4.78, 5) is 33.3. The minimum atomic E-state index is -0.0448. The summed E-state index contributed by atoms with van der Waals surface area (Å²) in [7, 11) is 0. The van der Waals surface area contributed by atoms with E-state index in [1.165, 1.54) is 16.6 Å². The van der Waals surface area contributed by atoms with Crippen molar-refractivity contribution in [2.24, 2.45) is 0 Å². The van der Waals surface area contributed by atoms with Gasteiger partial charge in [-0.1, -0.05) is 45.9 Å². The zero-order chi connectivity index (χ0) is 21.4. The van der Waals surface area contributed by atoms with Crippen molar-refractivity contribution in [3.63, 3.8) is 0 Å². The number of ketones is 1. The summed E-state index contributed by atoms with van der Waals surface area (Å²) in [6.45, 7) is 0.297. The monoisotopic (exact) mass is 514 g/mol. The molecule has 5 nitrogen and oxygen atoms in total. The molecule has 158 valence electrons. The van der Waals surface area contributed by atoms with E-state index in [1.807, 2.05) is 30.3 Å². The number of hydrogen-bond acceptors (Lipinski definition) is 6. The summed E-state index contributed by atoms with van der Waals surface area (Å²) < 4.78 is 7.92. The molecule has 0 atom stereocenters. The van der Waals surface area contributed by atoms with E-state index in [4.69, 9.17) is 9.40 Å². The van der Waals surface area contributed by atoms with Crippen molar-refractivity contribution in [1.29, 1.82) is 0 Å². The molecule has 1 aliphatic carbocycles. The van der Waals surface area contributed by atoms with Crippen LogP contribution in [0.3, 0.4) is 0 Å². The number of aryl methyl sites for hydroxylation is 2. The van der Waals surface area contributed by atoms with Gasteiger partial charge in [0.25, 0.3) is 5.56 Å². The maximum Gasteiger partial charge on any atom is 0.263 e. The minimum absolute atomic E-state index is 0.0122. The molecule has 8 heteroatoms. The largest absolute Gasteiger partial charge is 0.467 e. The number of thioether (sulfide) groups is 1. The van der Waals surface area contributed by atoms with E-state index in [2.05, 4.69) is 15.9 Å².